The molecule has 0 saturated carbocycles. The molecule has 154 valence electrons. The minimum atomic E-state index is -4.54. The molecular formula is C23H16N2O5S. The first-order valence-corrected chi connectivity index (χ1v) is 10.6. The number of fused-ring (bicyclic) bond motifs is 1. The molecule has 0 fully saturated rings. The quantitative estimate of drug-likeness (QED) is 0.247. The molecule has 8 heteroatoms. The maximum atomic E-state index is 12.5. The largest absolute Gasteiger partial charge is 0.505 e. The number of carbonyl (C=O) groups excluding carboxylic acids is 1. The predicted octanol–water partition coefficient (Wildman–Crippen LogP) is 5.44. The standard InChI is InChI=1S/C23H16N2O5S/c26-22(15-6-2-1-3-7-15)16-10-12-17(13-11-16)24-25-20-14-21(31(28,29)30)18-8-4-5-9-19(18)23(20)27/h1-14,27H,(H,28,29,30). The van der Waals surface area contributed by atoms with Gasteiger partial charge in [-0.3, -0.25) is 9.35 Å². The average Bonchev–Trinajstić information content (AvgIpc) is 2.78. The monoisotopic (exact) mass is 432 g/mol. The minimum Gasteiger partial charge on any atom is -0.505 e. The molecule has 7 nitrogen and oxygen atoms in total. The molecule has 31 heavy (non-hydrogen) atoms. The number of benzene rings is 4. The Balaban J connectivity index is 1.67. The fourth-order valence-electron chi connectivity index (χ4n) is 3.15. The van der Waals surface area contributed by atoms with E-state index in [-0.39, 0.29) is 32.9 Å². The van der Waals surface area contributed by atoms with Gasteiger partial charge >= 0.3 is 0 Å². The highest BCUT2D eigenvalue weighted by molar-refractivity contribution is 7.86. The summed E-state index contributed by atoms with van der Waals surface area (Å²) in [5.41, 5.74) is 1.32. The lowest BCUT2D eigenvalue weighted by Gasteiger charge is -2.08. The van der Waals surface area contributed by atoms with E-state index in [0.717, 1.165) is 6.07 Å². The van der Waals surface area contributed by atoms with Gasteiger partial charge in [0.25, 0.3) is 10.1 Å². The zero-order valence-corrected chi connectivity index (χ0v) is 16.8. The van der Waals surface area contributed by atoms with Crippen molar-refractivity contribution in [3.8, 4) is 5.75 Å². The number of azo groups is 1. The molecule has 0 unspecified atom stereocenters. The van der Waals surface area contributed by atoms with Crippen molar-refractivity contribution in [1.82, 2.24) is 0 Å². The summed E-state index contributed by atoms with van der Waals surface area (Å²) in [7, 11) is -4.54. The van der Waals surface area contributed by atoms with Crippen LogP contribution >= 0.6 is 0 Å². The summed E-state index contributed by atoms with van der Waals surface area (Å²) < 4.78 is 33.1. The molecule has 0 atom stereocenters. The molecule has 4 aromatic rings. The molecule has 0 aliphatic heterocycles. The van der Waals surface area contributed by atoms with Crippen molar-refractivity contribution in [2.75, 3.05) is 0 Å². The van der Waals surface area contributed by atoms with Crippen molar-refractivity contribution in [2.24, 2.45) is 10.2 Å². The maximum Gasteiger partial charge on any atom is 0.295 e. The molecular weight excluding hydrogens is 416 g/mol. The zero-order valence-electron chi connectivity index (χ0n) is 16.0. The summed E-state index contributed by atoms with van der Waals surface area (Å²) in [5, 5.41) is 18.8. The van der Waals surface area contributed by atoms with E-state index in [9.17, 15) is 22.9 Å². The molecule has 0 heterocycles. The van der Waals surface area contributed by atoms with E-state index >= 15 is 0 Å². The Labute approximate surface area is 178 Å². The van der Waals surface area contributed by atoms with Gasteiger partial charge < -0.3 is 5.11 Å². The van der Waals surface area contributed by atoms with Crippen molar-refractivity contribution < 1.29 is 22.9 Å². The fourth-order valence-corrected chi connectivity index (χ4v) is 3.87. The van der Waals surface area contributed by atoms with Gasteiger partial charge in [-0.2, -0.15) is 13.5 Å². The highest BCUT2D eigenvalue weighted by Gasteiger charge is 2.19. The van der Waals surface area contributed by atoms with Crippen LogP contribution in [0.25, 0.3) is 10.8 Å². The number of aromatic hydroxyl groups is 1. The average molecular weight is 432 g/mol. The third-order valence-corrected chi connectivity index (χ3v) is 5.57. The van der Waals surface area contributed by atoms with Crippen LogP contribution in [0.2, 0.25) is 0 Å². The smallest absolute Gasteiger partial charge is 0.295 e. The normalized spacial score (nSPS) is 11.8. The van der Waals surface area contributed by atoms with E-state index in [4.69, 9.17) is 0 Å². The van der Waals surface area contributed by atoms with Gasteiger partial charge in [-0.1, -0.05) is 54.6 Å². The van der Waals surface area contributed by atoms with Crippen LogP contribution in [0, 0.1) is 0 Å². The van der Waals surface area contributed by atoms with Crippen LogP contribution in [0.4, 0.5) is 11.4 Å². The minimum absolute atomic E-state index is 0.115. The second-order valence-corrected chi connectivity index (χ2v) is 8.10. The van der Waals surface area contributed by atoms with E-state index in [1.807, 2.05) is 6.07 Å². The van der Waals surface area contributed by atoms with Gasteiger partial charge in [0.1, 0.15) is 10.6 Å². The summed E-state index contributed by atoms with van der Waals surface area (Å²) in [6.07, 6.45) is 0. The molecule has 0 radical (unpaired) electrons. The van der Waals surface area contributed by atoms with E-state index < -0.39 is 10.1 Å². The second kappa shape index (κ2) is 8.10. The van der Waals surface area contributed by atoms with Gasteiger partial charge in [-0.25, -0.2) is 0 Å². The zero-order chi connectivity index (χ0) is 22.0. The van der Waals surface area contributed by atoms with Crippen molar-refractivity contribution in [2.45, 2.75) is 4.90 Å². The number of nitrogens with zero attached hydrogens (tertiary/aromatic N) is 2. The SMILES string of the molecule is O=C(c1ccccc1)c1ccc(N=Nc2cc(S(=O)(=O)O)c3ccccc3c2O)cc1. The summed E-state index contributed by atoms with van der Waals surface area (Å²) in [4.78, 5) is 12.1. The molecule has 0 aliphatic rings. The fraction of sp³-hybridized carbons (Fsp3) is 0. The van der Waals surface area contributed by atoms with Crippen LogP contribution in [0.5, 0.6) is 5.75 Å². The Morgan fingerprint density at radius 3 is 1.97 bits per heavy atom. The lowest BCUT2D eigenvalue weighted by molar-refractivity contribution is 0.103. The number of ketones is 1. The third kappa shape index (κ3) is 4.20. The first-order chi connectivity index (χ1) is 14.8. The van der Waals surface area contributed by atoms with Crippen molar-refractivity contribution >= 4 is 38.0 Å². The van der Waals surface area contributed by atoms with Crippen LogP contribution in [-0.2, 0) is 10.1 Å². The lowest BCUT2D eigenvalue weighted by Crippen LogP contribution is -2.00. The number of rotatable bonds is 5. The van der Waals surface area contributed by atoms with E-state index in [0.29, 0.717) is 16.8 Å². The Kier molecular flexibility index (Phi) is 5.33. The molecule has 0 saturated heterocycles. The topological polar surface area (TPSA) is 116 Å². The summed E-state index contributed by atoms with van der Waals surface area (Å²) in [6.45, 7) is 0. The summed E-state index contributed by atoms with van der Waals surface area (Å²) >= 11 is 0. The molecule has 0 bridgehead atoms. The van der Waals surface area contributed by atoms with Gasteiger partial charge in [0, 0.05) is 21.9 Å². The predicted molar refractivity (Wildman–Crippen MR) is 116 cm³/mol. The Hall–Kier alpha value is -3.88. The molecule has 0 amide bonds. The van der Waals surface area contributed by atoms with Crippen LogP contribution in [0.15, 0.2) is 100 Å². The Bertz CT molecular complexity index is 1410. The number of carbonyl (C=O) groups is 1. The van der Waals surface area contributed by atoms with Crippen LogP contribution in [0.3, 0.4) is 0 Å². The van der Waals surface area contributed by atoms with Crippen LogP contribution in [-0.4, -0.2) is 23.9 Å². The van der Waals surface area contributed by atoms with E-state index in [2.05, 4.69) is 10.2 Å². The maximum absolute atomic E-state index is 12.5. The van der Waals surface area contributed by atoms with Gasteiger partial charge in [0.05, 0.1) is 5.69 Å². The van der Waals surface area contributed by atoms with Gasteiger partial charge in [-0.05, 0) is 30.3 Å². The highest BCUT2D eigenvalue weighted by atomic mass is 32.2. The summed E-state index contributed by atoms with van der Waals surface area (Å²) in [6, 6.07) is 22.5. The molecule has 0 aromatic heterocycles. The van der Waals surface area contributed by atoms with Gasteiger partial charge in [0.2, 0.25) is 0 Å². The number of phenolic OH excluding ortho intramolecular Hbond substituents is 1. The number of hydrogen-bond acceptors (Lipinski definition) is 6. The first kappa shape index (κ1) is 20.4. The molecule has 0 aliphatic carbocycles. The highest BCUT2D eigenvalue weighted by Crippen LogP contribution is 2.39. The van der Waals surface area contributed by atoms with Crippen molar-refractivity contribution in [3.63, 3.8) is 0 Å². The number of phenols is 1. The van der Waals surface area contributed by atoms with Crippen molar-refractivity contribution in [1.29, 1.82) is 0 Å². The van der Waals surface area contributed by atoms with E-state index in [1.54, 1.807) is 60.7 Å². The second-order valence-electron chi connectivity index (χ2n) is 6.71. The molecule has 4 aromatic carbocycles. The first-order valence-electron chi connectivity index (χ1n) is 9.18. The molecule has 0 spiro atoms. The Morgan fingerprint density at radius 1 is 0.742 bits per heavy atom. The summed E-state index contributed by atoms with van der Waals surface area (Å²) in [5.74, 6) is -0.392. The van der Waals surface area contributed by atoms with E-state index in [1.165, 1.54) is 12.1 Å². The third-order valence-electron chi connectivity index (χ3n) is 4.67. The van der Waals surface area contributed by atoms with Gasteiger partial charge in [-0.15, -0.1) is 5.11 Å². The molecule has 4 rings (SSSR count). The lowest BCUT2D eigenvalue weighted by atomic mass is 10.0. The van der Waals surface area contributed by atoms with Gasteiger partial charge in [0.15, 0.2) is 11.5 Å². The van der Waals surface area contributed by atoms with Crippen LogP contribution < -0.4 is 0 Å². The van der Waals surface area contributed by atoms with Crippen LogP contribution in [0.1, 0.15) is 15.9 Å². The number of hydrogen-bond donors (Lipinski definition) is 2. The van der Waals surface area contributed by atoms with Crippen molar-refractivity contribution in [3.05, 3.63) is 96.1 Å². The Morgan fingerprint density at radius 2 is 1.32 bits per heavy atom. The molecule has 2 N–H and O–H groups in total.